The van der Waals surface area contributed by atoms with E-state index in [4.69, 9.17) is 18.9 Å². The molecular weight excluding hydrogens is 362 g/mol. The number of aliphatic hydroxyl groups is 1. The van der Waals surface area contributed by atoms with Crippen LogP contribution < -0.4 is 10.1 Å². The Morgan fingerprint density at radius 1 is 1.25 bits per heavy atom. The van der Waals surface area contributed by atoms with Gasteiger partial charge in [0.25, 0.3) is 5.91 Å². The van der Waals surface area contributed by atoms with Crippen molar-refractivity contribution in [1.82, 2.24) is 5.32 Å². The first-order valence-corrected chi connectivity index (χ1v) is 9.66. The highest BCUT2D eigenvalue weighted by Gasteiger charge is 2.37. The molecule has 0 saturated carbocycles. The molecule has 0 radical (unpaired) electrons. The Morgan fingerprint density at radius 3 is 2.61 bits per heavy atom. The molecule has 0 bridgehead atoms. The maximum atomic E-state index is 12.5. The summed E-state index contributed by atoms with van der Waals surface area (Å²) in [5.41, 5.74) is 1.04. The zero-order chi connectivity index (χ0) is 20.4. The van der Waals surface area contributed by atoms with Gasteiger partial charge in [-0.25, -0.2) is 0 Å². The molecule has 28 heavy (non-hydrogen) atoms. The lowest BCUT2D eigenvalue weighted by Crippen LogP contribution is -2.39. The largest absolute Gasteiger partial charge is 0.497 e. The Hall–Kier alpha value is -2.09. The maximum Gasteiger partial charge on any atom is 0.286 e. The van der Waals surface area contributed by atoms with Crippen molar-refractivity contribution >= 4 is 5.91 Å². The van der Waals surface area contributed by atoms with Crippen LogP contribution in [0.4, 0.5) is 0 Å². The second-order valence-electron chi connectivity index (χ2n) is 6.55. The average molecular weight is 393 g/mol. The number of benzene rings is 1. The summed E-state index contributed by atoms with van der Waals surface area (Å²) in [5, 5.41) is 12.1. The summed E-state index contributed by atoms with van der Waals surface area (Å²) in [4.78, 5) is 12.5. The van der Waals surface area contributed by atoms with E-state index in [1.165, 1.54) is 0 Å². The molecule has 1 aliphatic rings. The van der Waals surface area contributed by atoms with E-state index < -0.39 is 6.29 Å². The minimum atomic E-state index is -0.558. The van der Waals surface area contributed by atoms with Gasteiger partial charge in [-0.2, -0.15) is 0 Å². The lowest BCUT2D eigenvalue weighted by atomic mass is 9.80. The first kappa shape index (κ1) is 22.2. The maximum absolute atomic E-state index is 12.5. The predicted octanol–water partition coefficient (Wildman–Crippen LogP) is 2.21. The van der Waals surface area contributed by atoms with Crippen molar-refractivity contribution in [3.8, 4) is 5.75 Å². The van der Waals surface area contributed by atoms with Crippen LogP contribution in [-0.2, 0) is 19.0 Å². The summed E-state index contributed by atoms with van der Waals surface area (Å²) in [6.07, 6.45) is 2.64. The van der Waals surface area contributed by atoms with Gasteiger partial charge >= 0.3 is 0 Å². The number of amides is 1. The van der Waals surface area contributed by atoms with Gasteiger partial charge in [-0.1, -0.05) is 12.1 Å². The van der Waals surface area contributed by atoms with E-state index in [2.05, 4.69) is 5.32 Å². The van der Waals surface area contributed by atoms with Crippen LogP contribution in [0.25, 0.3) is 0 Å². The van der Waals surface area contributed by atoms with Crippen LogP contribution in [0.2, 0.25) is 0 Å². The summed E-state index contributed by atoms with van der Waals surface area (Å²) in [5.74, 6) is 0.629. The molecule has 2 rings (SSSR count). The Kier molecular flexibility index (Phi) is 9.27. The highest BCUT2D eigenvalue weighted by molar-refractivity contribution is 5.91. The number of aliphatic hydroxyl groups excluding tert-OH is 1. The fourth-order valence-corrected chi connectivity index (χ4v) is 3.32. The molecule has 0 fully saturated rings. The third-order valence-corrected chi connectivity index (χ3v) is 4.73. The number of hydrogen-bond acceptors (Lipinski definition) is 6. The number of rotatable bonds is 11. The minimum absolute atomic E-state index is 0.0176. The number of nitrogens with one attached hydrogen (secondary N) is 1. The van der Waals surface area contributed by atoms with E-state index in [1.54, 1.807) is 14.2 Å². The van der Waals surface area contributed by atoms with Crippen molar-refractivity contribution in [3.05, 3.63) is 41.7 Å². The van der Waals surface area contributed by atoms with Crippen LogP contribution >= 0.6 is 0 Å². The van der Waals surface area contributed by atoms with Crippen LogP contribution in [0.15, 0.2) is 36.1 Å². The van der Waals surface area contributed by atoms with E-state index in [1.807, 2.05) is 37.3 Å². The number of carbonyl (C=O) groups excluding carboxylic acids is 1. The van der Waals surface area contributed by atoms with E-state index in [0.717, 1.165) is 11.3 Å². The Morgan fingerprint density at radius 2 is 2.00 bits per heavy atom. The quantitative estimate of drug-likeness (QED) is 0.561. The molecule has 0 spiro atoms. The van der Waals surface area contributed by atoms with Crippen molar-refractivity contribution in [2.45, 2.75) is 32.0 Å². The Bertz CT molecular complexity index is 630. The topological polar surface area (TPSA) is 86.3 Å². The van der Waals surface area contributed by atoms with Gasteiger partial charge in [0.1, 0.15) is 5.75 Å². The number of allylic oxidation sites excluding steroid dienone is 1. The lowest BCUT2D eigenvalue weighted by molar-refractivity contribution is -0.166. The SMILES string of the molecule is CCO[C@H]1OC(C(=O)NCCOC)=C[C@@H](c2ccc(OC)cc2)[C@H]1CCCO. The second kappa shape index (κ2) is 11.7. The number of carbonyl (C=O) groups is 1. The van der Waals surface area contributed by atoms with Crippen LogP contribution in [0.1, 0.15) is 31.2 Å². The lowest BCUT2D eigenvalue weighted by Gasteiger charge is -2.37. The van der Waals surface area contributed by atoms with Gasteiger partial charge in [-0.05, 0) is 43.5 Å². The Labute approximate surface area is 166 Å². The van der Waals surface area contributed by atoms with Gasteiger partial charge in [0.05, 0.1) is 13.7 Å². The highest BCUT2D eigenvalue weighted by Crippen LogP contribution is 2.39. The molecule has 7 nitrogen and oxygen atoms in total. The average Bonchev–Trinajstić information content (AvgIpc) is 2.72. The molecular formula is C21H31NO6. The molecule has 0 aromatic heterocycles. The van der Waals surface area contributed by atoms with Crippen LogP contribution in [0.5, 0.6) is 5.75 Å². The van der Waals surface area contributed by atoms with E-state index in [-0.39, 0.29) is 30.1 Å². The van der Waals surface area contributed by atoms with E-state index >= 15 is 0 Å². The summed E-state index contributed by atoms with van der Waals surface area (Å²) in [6, 6.07) is 7.77. The molecule has 7 heteroatoms. The highest BCUT2D eigenvalue weighted by atomic mass is 16.7. The van der Waals surface area contributed by atoms with Gasteiger partial charge in [0.2, 0.25) is 6.29 Å². The molecule has 156 valence electrons. The van der Waals surface area contributed by atoms with Crippen molar-refractivity contribution in [2.24, 2.45) is 5.92 Å². The molecule has 0 saturated heterocycles. The van der Waals surface area contributed by atoms with E-state index in [9.17, 15) is 9.90 Å². The van der Waals surface area contributed by atoms with Gasteiger partial charge < -0.3 is 29.4 Å². The second-order valence-corrected chi connectivity index (χ2v) is 6.55. The predicted molar refractivity (Wildman–Crippen MR) is 105 cm³/mol. The molecule has 1 aromatic rings. The molecule has 1 aromatic carbocycles. The normalized spacial score (nSPS) is 21.6. The third kappa shape index (κ3) is 5.95. The summed E-state index contributed by atoms with van der Waals surface area (Å²) in [7, 11) is 3.21. The van der Waals surface area contributed by atoms with Crippen molar-refractivity contribution in [2.75, 3.05) is 40.6 Å². The summed E-state index contributed by atoms with van der Waals surface area (Å²) < 4.78 is 22.0. The van der Waals surface area contributed by atoms with Gasteiger partial charge in [0, 0.05) is 38.7 Å². The fraction of sp³-hybridized carbons (Fsp3) is 0.571. The van der Waals surface area contributed by atoms with Crippen LogP contribution in [-0.4, -0.2) is 57.9 Å². The van der Waals surface area contributed by atoms with Gasteiger partial charge in [-0.15, -0.1) is 0 Å². The molecule has 0 aliphatic carbocycles. The van der Waals surface area contributed by atoms with Crippen molar-refractivity contribution in [1.29, 1.82) is 0 Å². The first-order chi connectivity index (χ1) is 13.6. The standard InChI is InChI=1S/C21H31NO6/c1-4-27-21-17(6-5-12-23)18(15-7-9-16(26-3)10-8-15)14-19(28-21)20(24)22-11-13-25-2/h7-10,14,17-18,21,23H,4-6,11-13H2,1-3H3,(H,22,24)/t17-,18+,21+/m1/s1. The third-order valence-electron chi connectivity index (χ3n) is 4.73. The van der Waals surface area contributed by atoms with Gasteiger partial charge in [0.15, 0.2) is 5.76 Å². The molecule has 2 N–H and O–H groups in total. The number of methoxy groups -OCH3 is 2. The van der Waals surface area contributed by atoms with Crippen molar-refractivity contribution < 1.29 is 28.8 Å². The molecule has 1 aliphatic heterocycles. The number of ether oxygens (including phenoxy) is 4. The monoisotopic (exact) mass is 393 g/mol. The van der Waals surface area contributed by atoms with Crippen molar-refractivity contribution in [3.63, 3.8) is 0 Å². The fourth-order valence-electron chi connectivity index (χ4n) is 3.32. The van der Waals surface area contributed by atoms with Crippen LogP contribution in [0.3, 0.4) is 0 Å². The summed E-state index contributed by atoms with van der Waals surface area (Å²) >= 11 is 0. The zero-order valence-corrected chi connectivity index (χ0v) is 16.8. The van der Waals surface area contributed by atoms with E-state index in [0.29, 0.717) is 32.6 Å². The minimum Gasteiger partial charge on any atom is -0.497 e. The van der Waals surface area contributed by atoms with Crippen LogP contribution in [0, 0.1) is 5.92 Å². The Balaban J connectivity index is 2.32. The molecule has 1 amide bonds. The van der Waals surface area contributed by atoms with Gasteiger partial charge in [-0.3, -0.25) is 4.79 Å². The molecule has 1 heterocycles. The zero-order valence-electron chi connectivity index (χ0n) is 16.8. The summed E-state index contributed by atoms with van der Waals surface area (Å²) in [6.45, 7) is 3.28. The first-order valence-electron chi connectivity index (χ1n) is 9.66. The number of hydrogen-bond donors (Lipinski definition) is 2. The molecule has 3 atom stereocenters. The smallest absolute Gasteiger partial charge is 0.286 e. The molecule has 0 unspecified atom stereocenters.